The van der Waals surface area contributed by atoms with Gasteiger partial charge in [-0.1, -0.05) is 30.3 Å². The van der Waals surface area contributed by atoms with Gasteiger partial charge in [0.2, 0.25) is 5.91 Å². The van der Waals surface area contributed by atoms with Crippen molar-refractivity contribution in [1.82, 2.24) is 4.57 Å². The minimum absolute atomic E-state index is 0.00701. The third-order valence-corrected chi connectivity index (χ3v) is 4.72. The highest BCUT2D eigenvalue weighted by atomic mass is 19.4. The zero-order valence-electron chi connectivity index (χ0n) is 14.4. The SMILES string of the molecule is NC(=O)c1cccc2c1c1cccc(F)c1n2Cc1cccc(C(F)(F)F)c1. The van der Waals surface area contributed by atoms with Crippen LogP contribution in [0.5, 0.6) is 0 Å². The van der Waals surface area contributed by atoms with Gasteiger partial charge in [0.25, 0.3) is 0 Å². The Hall–Kier alpha value is -3.35. The summed E-state index contributed by atoms with van der Waals surface area (Å²) in [6, 6.07) is 14.2. The van der Waals surface area contributed by atoms with Crippen LogP contribution in [0.4, 0.5) is 17.6 Å². The van der Waals surface area contributed by atoms with Gasteiger partial charge in [-0.25, -0.2) is 4.39 Å². The van der Waals surface area contributed by atoms with Crippen molar-refractivity contribution >= 4 is 27.7 Å². The number of hydrogen-bond acceptors (Lipinski definition) is 1. The Balaban J connectivity index is 1.99. The lowest BCUT2D eigenvalue weighted by Crippen LogP contribution is -2.11. The minimum atomic E-state index is -4.47. The van der Waals surface area contributed by atoms with Crippen LogP contribution in [0.3, 0.4) is 0 Å². The molecule has 0 fully saturated rings. The number of rotatable bonds is 3. The Kier molecular flexibility index (Phi) is 4.10. The van der Waals surface area contributed by atoms with Crippen LogP contribution in [0.2, 0.25) is 0 Å². The second-order valence-corrected chi connectivity index (χ2v) is 6.48. The molecule has 0 aliphatic rings. The van der Waals surface area contributed by atoms with E-state index in [0.717, 1.165) is 12.1 Å². The molecular formula is C21H14F4N2O. The van der Waals surface area contributed by atoms with Gasteiger partial charge in [0.15, 0.2) is 0 Å². The van der Waals surface area contributed by atoms with Crippen LogP contribution in [0.25, 0.3) is 21.8 Å². The molecule has 142 valence electrons. The number of hydrogen-bond donors (Lipinski definition) is 1. The summed E-state index contributed by atoms with van der Waals surface area (Å²) >= 11 is 0. The summed E-state index contributed by atoms with van der Waals surface area (Å²) in [6.45, 7) is 0.00701. The first-order valence-corrected chi connectivity index (χ1v) is 8.43. The third kappa shape index (κ3) is 2.89. The maximum absolute atomic E-state index is 14.7. The highest BCUT2D eigenvalue weighted by Gasteiger charge is 2.30. The van der Waals surface area contributed by atoms with E-state index in [4.69, 9.17) is 5.73 Å². The van der Waals surface area contributed by atoms with E-state index in [2.05, 4.69) is 0 Å². The molecule has 0 atom stereocenters. The smallest absolute Gasteiger partial charge is 0.366 e. The molecule has 1 amide bonds. The average molecular weight is 386 g/mol. The van der Waals surface area contributed by atoms with E-state index in [1.807, 2.05) is 0 Å². The van der Waals surface area contributed by atoms with Crippen molar-refractivity contribution in [2.75, 3.05) is 0 Å². The van der Waals surface area contributed by atoms with Crippen LogP contribution in [0.1, 0.15) is 21.5 Å². The molecule has 0 saturated heterocycles. The maximum atomic E-state index is 14.7. The molecule has 2 N–H and O–H groups in total. The number of nitrogens with zero attached hydrogens (tertiary/aromatic N) is 1. The zero-order valence-corrected chi connectivity index (χ0v) is 14.4. The van der Waals surface area contributed by atoms with E-state index in [1.165, 1.54) is 18.2 Å². The van der Waals surface area contributed by atoms with Crippen LogP contribution in [0, 0.1) is 5.82 Å². The molecule has 0 aliphatic carbocycles. The summed E-state index contributed by atoms with van der Waals surface area (Å²) in [4.78, 5) is 11.9. The summed E-state index contributed by atoms with van der Waals surface area (Å²) in [7, 11) is 0. The number of carbonyl (C=O) groups excluding carboxylic acids is 1. The van der Waals surface area contributed by atoms with Crippen molar-refractivity contribution in [2.24, 2.45) is 5.73 Å². The van der Waals surface area contributed by atoms with Crippen molar-refractivity contribution in [1.29, 1.82) is 0 Å². The molecule has 0 radical (unpaired) electrons. The lowest BCUT2D eigenvalue weighted by atomic mass is 10.1. The van der Waals surface area contributed by atoms with Crippen molar-refractivity contribution in [2.45, 2.75) is 12.7 Å². The minimum Gasteiger partial charge on any atom is -0.366 e. The number of amides is 1. The Morgan fingerprint density at radius 3 is 2.43 bits per heavy atom. The first kappa shape index (κ1) is 18.0. The van der Waals surface area contributed by atoms with Crippen molar-refractivity contribution in [3.8, 4) is 0 Å². The summed E-state index contributed by atoms with van der Waals surface area (Å²) in [5.41, 5.74) is 6.03. The van der Waals surface area contributed by atoms with Crippen molar-refractivity contribution in [3.05, 3.63) is 83.2 Å². The third-order valence-electron chi connectivity index (χ3n) is 4.72. The van der Waals surface area contributed by atoms with Gasteiger partial charge < -0.3 is 10.3 Å². The van der Waals surface area contributed by atoms with Gasteiger partial charge in [0.05, 0.1) is 16.6 Å². The van der Waals surface area contributed by atoms with Gasteiger partial charge in [-0.3, -0.25) is 4.79 Å². The van der Waals surface area contributed by atoms with Crippen LogP contribution in [-0.4, -0.2) is 10.5 Å². The highest BCUT2D eigenvalue weighted by molar-refractivity contribution is 6.17. The quantitative estimate of drug-likeness (QED) is 0.490. The Morgan fingerprint density at radius 1 is 1.00 bits per heavy atom. The summed E-state index contributed by atoms with van der Waals surface area (Å²) in [5, 5.41) is 0.966. The van der Waals surface area contributed by atoms with E-state index in [9.17, 15) is 22.4 Å². The number of carbonyl (C=O) groups is 1. The number of benzene rings is 3. The van der Waals surface area contributed by atoms with Gasteiger partial charge in [0, 0.05) is 22.9 Å². The molecule has 0 bridgehead atoms. The number of primary amides is 1. The first-order valence-electron chi connectivity index (χ1n) is 8.43. The zero-order chi connectivity index (χ0) is 20.1. The second kappa shape index (κ2) is 6.37. The van der Waals surface area contributed by atoms with Gasteiger partial charge in [0.1, 0.15) is 5.82 Å². The monoisotopic (exact) mass is 386 g/mol. The Morgan fingerprint density at radius 2 is 1.71 bits per heavy atom. The predicted octanol–water partition coefficient (Wildman–Crippen LogP) is 5.10. The topological polar surface area (TPSA) is 48.0 Å². The van der Waals surface area contributed by atoms with Gasteiger partial charge >= 0.3 is 6.18 Å². The van der Waals surface area contributed by atoms with E-state index >= 15 is 0 Å². The number of para-hydroxylation sites is 1. The molecule has 0 saturated carbocycles. The van der Waals surface area contributed by atoms with Crippen LogP contribution in [-0.2, 0) is 12.7 Å². The lowest BCUT2D eigenvalue weighted by Gasteiger charge is -2.11. The summed E-state index contributed by atoms with van der Waals surface area (Å²) in [6.07, 6.45) is -4.47. The van der Waals surface area contributed by atoms with Gasteiger partial charge in [-0.2, -0.15) is 13.2 Å². The van der Waals surface area contributed by atoms with E-state index in [-0.39, 0.29) is 17.6 Å². The number of halogens is 4. The largest absolute Gasteiger partial charge is 0.416 e. The second-order valence-electron chi connectivity index (χ2n) is 6.48. The lowest BCUT2D eigenvalue weighted by molar-refractivity contribution is -0.137. The molecule has 3 nitrogen and oxygen atoms in total. The molecule has 0 spiro atoms. The molecule has 1 aromatic heterocycles. The number of fused-ring (bicyclic) bond motifs is 3. The normalized spacial score (nSPS) is 12.0. The molecule has 7 heteroatoms. The molecule has 1 heterocycles. The standard InChI is InChI=1S/C21H14F4N2O/c22-16-8-2-6-14-18-15(20(26)28)7-3-9-17(18)27(19(14)16)11-12-4-1-5-13(10-12)21(23,24)25/h1-10H,11H2,(H2,26,28). The van der Waals surface area contributed by atoms with Gasteiger partial charge in [-0.05, 0) is 35.9 Å². The van der Waals surface area contributed by atoms with Crippen LogP contribution < -0.4 is 5.73 Å². The Bertz CT molecular complexity index is 1220. The Labute approximate surface area is 157 Å². The number of alkyl halides is 3. The fourth-order valence-corrected chi connectivity index (χ4v) is 3.56. The van der Waals surface area contributed by atoms with E-state index in [0.29, 0.717) is 21.9 Å². The fraction of sp³-hybridized carbons (Fsp3) is 0.0952. The molecule has 4 aromatic rings. The molecule has 0 unspecified atom stereocenters. The van der Waals surface area contributed by atoms with Crippen LogP contribution >= 0.6 is 0 Å². The average Bonchev–Trinajstić information content (AvgIpc) is 2.96. The molecular weight excluding hydrogens is 372 g/mol. The van der Waals surface area contributed by atoms with Crippen molar-refractivity contribution in [3.63, 3.8) is 0 Å². The molecule has 3 aromatic carbocycles. The molecule has 0 aliphatic heterocycles. The van der Waals surface area contributed by atoms with Crippen molar-refractivity contribution < 1.29 is 22.4 Å². The molecule has 4 rings (SSSR count). The number of nitrogens with two attached hydrogens (primary N) is 1. The number of aromatic nitrogens is 1. The summed E-state index contributed by atoms with van der Waals surface area (Å²) in [5.74, 6) is -1.19. The van der Waals surface area contributed by atoms with Crippen LogP contribution in [0.15, 0.2) is 60.7 Å². The summed E-state index contributed by atoms with van der Waals surface area (Å²) < 4.78 is 55.4. The first-order chi connectivity index (χ1) is 13.3. The van der Waals surface area contributed by atoms with Gasteiger partial charge in [-0.15, -0.1) is 0 Å². The fourth-order valence-electron chi connectivity index (χ4n) is 3.56. The highest BCUT2D eigenvalue weighted by Crippen LogP contribution is 2.34. The maximum Gasteiger partial charge on any atom is 0.416 e. The van der Waals surface area contributed by atoms with E-state index < -0.39 is 23.5 Å². The van der Waals surface area contributed by atoms with E-state index in [1.54, 1.807) is 34.9 Å². The molecule has 28 heavy (non-hydrogen) atoms. The predicted molar refractivity (Wildman–Crippen MR) is 98.5 cm³/mol.